The zero-order chi connectivity index (χ0) is 59.4. The summed E-state index contributed by atoms with van der Waals surface area (Å²) >= 11 is 0. The Morgan fingerprint density at radius 3 is 2.23 bits per heavy atom. The molecule has 5 aromatic carbocycles. The summed E-state index contributed by atoms with van der Waals surface area (Å²) in [5.41, 5.74) is 2.86. The summed E-state index contributed by atoms with van der Waals surface area (Å²) in [6.45, 7) is 12.8. The van der Waals surface area contributed by atoms with Crippen LogP contribution in [0.5, 0.6) is 0 Å². The average Bonchev–Trinajstić information content (AvgIpc) is 3.02. The van der Waals surface area contributed by atoms with Crippen molar-refractivity contribution in [2.45, 2.75) is 95.2 Å². The van der Waals surface area contributed by atoms with Gasteiger partial charge in [-0.3, -0.25) is 38.6 Å². The lowest BCUT2D eigenvalue weighted by molar-refractivity contribution is -0.144. The van der Waals surface area contributed by atoms with Gasteiger partial charge in [0, 0.05) is 93.2 Å². The van der Waals surface area contributed by atoms with Crippen LogP contribution in [0.3, 0.4) is 0 Å². The highest BCUT2D eigenvalue weighted by Crippen LogP contribution is 2.43. The highest BCUT2D eigenvalue weighted by molar-refractivity contribution is 6.08. The van der Waals surface area contributed by atoms with Crippen molar-refractivity contribution in [3.8, 4) is 0 Å². The number of nitrogens with one attached hydrogen (secondary N) is 6. The van der Waals surface area contributed by atoms with E-state index in [-0.39, 0.29) is 72.6 Å². The fraction of sp³-hybridized carbons (Fsp3) is 0.429. The highest BCUT2D eigenvalue weighted by Gasteiger charge is 2.48. The van der Waals surface area contributed by atoms with Gasteiger partial charge < -0.3 is 51.2 Å². The fourth-order valence-electron chi connectivity index (χ4n) is 12.1. The lowest BCUT2D eigenvalue weighted by atomic mass is 9.83. The van der Waals surface area contributed by atoms with Crippen LogP contribution in [-0.2, 0) is 51.8 Å². The van der Waals surface area contributed by atoms with E-state index in [0.717, 1.165) is 49.0 Å². The van der Waals surface area contributed by atoms with Gasteiger partial charge in [0.1, 0.15) is 35.2 Å². The highest BCUT2D eigenvalue weighted by atomic mass is 19.1. The number of hydrogen-bond donors (Lipinski definition) is 6. The number of nitrogens with zero attached hydrogens (tertiary/aromatic N) is 4. The molecule has 21 heteroatoms. The largest absolute Gasteiger partial charge is 0.381 e. The minimum absolute atomic E-state index is 0.0663. The Balaban J connectivity index is 0.862. The SMILES string of the molecule is CNC(C)C(=O)NC(C(=O)N1Cc2ccc(NC(=O)c3ccc(NC(=O)C4(C)CN(C(=O)CN5C[C@@H](C)NC[C@@H]5CN5CCOCC5C)c5cc(Cc6ccc(F)cc6)ccc54)cc3)cc2C1C(=O)Nc1c(F)cccc1F)C1CCOCC1. The van der Waals surface area contributed by atoms with Crippen LogP contribution in [-0.4, -0.2) is 153 Å². The first kappa shape index (κ1) is 59.6. The second-order valence-electron chi connectivity index (χ2n) is 23.1. The molecular formula is C63H73F3N10O8. The monoisotopic (exact) mass is 1150 g/mol. The van der Waals surface area contributed by atoms with E-state index in [1.54, 1.807) is 67.4 Å². The summed E-state index contributed by atoms with van der Waals surface area (Å²) in [6.07, 6.45) is 1.39. The van der Waals surface area contributed by atoms with Crippen molar-refractivity contribution >= 4 is 58.2 Å². The van der Waals surface area contributed by atoms with Crippen molar-refractivity contribution in [2.75, 3.05) is 93.6 Å². The normalized spacial score (nSPS) is 22.6. The molecule has 5 aliphatic rings. The van der Waals surface area contributed by atoms with E-state index >= 15 is 8.78 Å². The van der Waals surface area contributed by atoms with Gasteiger partial charge >= 0.3 is 0 Å². The summed E-state index contributed by atoms with van der Waals surface area (Å²) in [7, 11) is 1.61. The molecular weight excluding hydrogens is 1080 g/mol. The maximum absolute atomic E-state index is 15.0. The van der Waals surface area contributed by atoms with Crippen LogP contribution in [0.1, 0.15) is 84.8 Å². The summed E-state index contributed by atoms with van der Waals surface area (Å²) in [6, 6.07) is 23.6. The summed E-state index contributed by atoms with van der Waals surface area (Å²) < 4.78 is 55.2. The van der Waals surface area contributed by atoms with Crippen molar-refractivity contribution in [1.82, 2.24) is 30.7 Å². The van der Waals surface area contributed by atoms with Gasteiger partial charge in [-0.15, -0.1) is 0 Å². The van der Waals surface area contributed by atoms with Crippen LogP contribution in [0.15, 0.2) is 103 Å². The smallest absolute Gasteiger partial charge is 0.255 e. The van der Waals surface area contributed by atoms with Crippen LogP contribution < -0.4 is 36.8 Å². The third kappa shape index (κ3) is 13.1. The minimum Gasteiger partial charge on any atom is -0.381 e. The number of anilines is 4. The van der Waals surface area contributed by atoms with E-state index in [0.29, 0.717) is 80.3 Å². The minimum atomic E-state index is -1.44. The molecule has 0 bridgehead atoms. The number of halogens is 3. The molecule has 5 unspecified atom stereocenters. The van der Waals surface area contributed by atoms with Gasteiger partial charge in [0.05, 0.1) is 31.2 Å². The Morgan fingerprint density at radius 1 is 0.798 bits per heavy atom. The van der Waals surface area contributed by atoms with Crippen LogP contribution in [0.4, 0.5) is 35.9 Å². The molecule has 5 aliphatic heterocycles. The van der Waals surface area contributed by atoms with Crippen molar-refractivity contribution in [3.63, 3.8) is 0 Å². The van der Waals surface area contributed by atoms with Crippen LogP contribution in [0.25, 0.3) is 0 Å². The quantitative estimate of drug-likeness (QED) is 0.0624. The Labute approximate surface area is 487 Å². The molecule has 10 rings (SSSR count). The zero-order valence-corrected chi connectivity index (χ0v) is 47.9. The fourth-order valence-corrected chi connectivity index (χ4v) is 12.1. The van der Waals surface area contributed by atoms with Crippen molar-refractivity contribution in [3.05, 3.63) is 154 Å². The third-order valence-corrected chi connectivity index (χ3v) is 17.2. The molecule has 444 valence electrons. The second kappa shape index (κ2) is 25.8. The second-order valence-corrected chi connectivity index (χ2v) is 23.1. The van der Waals surface area contributed by atoms with Crippen LogP contribution in [0.2, 0.25) is 0 Å². The maximum Gasteiger partial charge on any atom is 0.255 e. The molecule has 0 spiro atoms. The van der Waals surface area contributed by atoms with E-state index in [1.807, 2.05) is 25.1 Å². The number of likely N-dealkylation sites (N-methyl/N-ethyl adjacent to an activating group) is 1. The van der Waals surface area contributed by atoms with E-state index in [9.17, 15) is 33.2 Å². The van der Waals surface area contributed by atoms with Gasteiger partial charge in [-0.1, -0.05) is 36.4 Å². The zero-order valence-electron chi connectivity index (χ0n) is 47.9. The van der Waals surface area contributed by atoms with Crippen molar-refractivity contribution in [1.29, 1.82) is 0 Å². The first-order valence-electron chi connectivity index (χ1n) is 28.8. The Morgan fingerprint density at radius 2 is 1.51 bits per heavy atom. The van der Waals surface area contributed by atoms with Gasteiger partial charge in [0.25, 0.3) is 11.8 Å². The number of benzene rings is 5. The van der Waals surface area contributed by atoms with Gasteiger partial charge in [-0.25, -0.2) is 13.2 Å². The molecule has 0 aromatic heterocycles. The van der Waals surface area contributed by atoms with Crippen molar-refractivity contribution < 1.29 is 51.4 Å². The lowest BCUT2D eigenvalue weighted by Gasteiger charge is -2.43. The topological polar surface area (TPSA) is 206 Å². The Hall–Kier alpha value is -7.53. The molecule has 3 fully saturated rings. The number of carbonyl (C=O) groups excluding carboxylic acids is 6. The van der Waals surface area contributed by atoms with Gasteiger partial charge in [-0.2, -0.15) is 0 Å². The standard InChI is InChI=1S/C63H73F3N10O8/c1-37-31-74(48(30-68-37)33-73-23-26-84-35-38(73)2)34-54(77)76-36-63(4,50-20-11-41(28-53(50)76)27-40-9-15-45(64)16-10-40)62(82)70-46-17-12-43(13-18-46)59(79)69-47-19-14-44-32-75(57(49(44)29-47)60(80)72-56-51(65)7-6-8-52(56)66)61(81)55(42-21-24-83-25-22-42)71-58(78)39(3)67-5/h6-20,28-29,37-39,42,48,55,57,67-68H,21-27,30-36H2,1-5H3,(H,69,79)(H,70,82)(H,71,78)(H,72,80)/t37-,38?,39?,48-,55?,57?,63?/m1/s1. The molecule has 6 N–H and O–H groups in total. The van der Waals surface area contributed by atoms with Gasteiger partial charge in [0.15, 0.2) is 0 Å². The molecule has 0 radical (unpaired) electrons. The number of morpholine rings is 1. The van der Waals surface area contributed by atoms with E-state index in [1.165, 1.54) is 23.1 Å². The number of carbonyl (C=O) groups is 6. The molecule has 18 nitrogen and oxygen atoms in total. The number of piperazine rings is 1. The predicted molar refractivity (Wildman–Crippen MR) is 312 cm³/mol. The Bertz CT molecular complexity index is 3250. The van der Waals surface area contributed by atoms with Gasteiger partial charge in [-0.05, 0) is 154 Å². The van der Waals surface area contributed by atoms with E-state index < -0.39 is 64.5 Å². The Kier molecular flexibility index (Phi) is 18.3. The maximum atomic E-state index is 15.0. The van der Waals surface area contributed by atoms with E-state index in [4.69, 9.17) is 9.47 Å². The number of fused-ring (bicyclic) bond motifs is 2. The van der Waals surface area contributed by atoms with E-state index in [2.05, 4.69) is 55.5 Å². The molecule has 5 heterocycles. The first-order valence-corrected chi connectivity index (χ1v) is 28.8. The number of amides is 6. The molecule has 7 atom stereocenters. The predicted octanol–water partition coefficient (Wildman–Crippen LogP) is 6.11. The van der Waals surface area contributed by atoms with Crippen LogP contribution in [0, 0.1) is 23.4 Å². The average molecular weight is 1160 g/mol. The van der Waals surface area contributed by atoms with Gasteiger partial charge in [0.2, 0.25) is 23.6 Å². The first-order chi connectivity index (χ1) is 40.4. The number of rotatable bonds is 17. The van der Waals surface area contributed by atoms with Crippen molar-refractivity contribution in [2.24, 2.45) is 5.92 Å². The molecule has 84 heavy (non-hydrogen) atoms. The lowest BCUT2D eigenvalue weighted by Crippen LogP contribution is -2.62. The number of hydrogen-bond acceptors (Lipinski definition) is 12. The summed E-state index contributed by atoms with van der Waals surface area (Å²) in [5.74, 6) is -5.70. The summed E-state index contributed by atoms with van der Waals surface area (Å²) in [5, 5.41) is 17.6. The molecule has 0 aliphatic carbocycles. The molecule has 5 aromatic rings. The molecule has 0 saturated carbocycles. The van der Waals surface area contributed by atoms with Crippen LogP contribution >= 0.6 is 0 Å². The number of ether oxygens (including phenoxy) is 2. The molecule has 6 amide bonds. The molecule has 3 saturated heterocycles. The third-order valence-electron chi connectivity index (χ3n) is 17.2. The number of para-hydroxylation sites is 1. The summed E-state index contributed by atoms with van der Waals surface area (Å²) in [4.78, 5) is 93.7.